The van der Waals surface area contributed by atoms with Crippen molar-refractivity contribution < 1.29 is 22.7 Å². The second kappa shape index (κ2) is 11.8. The summed E-state index contributed by atoms with van der Waals surface area (Å²) < 4.78 is 41.3. The van der Waals surface area contributed by atoms with E-state index in [2.05, 4.69) is 11.8 Å². The Balaban J connectivity index is 0.000000367. The number of nitrogens with zero attached hydrogens (tertiary/aromatic N) is 3. The van der Waals surface area contributed by atoms with Crippen molar-refractivity contribution in [2.75, 3.05) is 13.1 Å². The van der Waals surface area contributed by atoms with Gasteiger partial charge in [-0.1, -0.05) is 30.7 Å². The molecule has 0 N–H and O–H groups in total. The molecule has 1 atom stereocenters. The number of hydrazone groups is 1. The van der Waals surface area contributed by atoms with Gasteiger partial charge in [-0.25, -0.2) is 4.79 Å². The van der Waals surface area contributed by atoms with Gasteiger partial charge in [-0.2, -0.15) is 18.3 Å². The molecule has 8 heteroatoms. The Morgan fingerprint density at radius 1 is 1.32 bits per heavy atom. The van der Waals surface area contributed by atoms with Crippen LogP contribution in [-0.2, 0) is 10.9 Å². The highest BCUT2D eigenvalue weighted by Gasteiger charge is 2.33. The number of carbonyl (C=O) groups is 1. The summed E-state index contributed by atoms with van der Waals surface area (Å²) in [6, 6.07) is 5.19. The molecule has 1 aliphatic heterocycles. The van der Waals surface area contributed by atoms with E-state index >= 15 is 0 Å². The van der Waals surface area contributed by atoms with Gasteiger partial charge >= 0.3 is 12.3 Å². The van der Waals surface area contributed by atoms with E-state index in [0.717, 1.165) is 43.5 Å². The molecule has 5 nitrogen and oxygen atoms in total. The van der Waals surface area contributed by atoms with E-state index in [4.69, 9.17) is 4.74 Å². The van der Waals surface area contributed by atoms with Crippen LogP contribution in [0.2, 0.25) is 0 Å². The predicted molar refractivity (Wildman–Crippen MR) is 118 cm³/mol. The molecule has 1 aromatic carbocycles. The van der Waals surface area contributed by atoms with Crippen LogP contribution in [0.3, 0.4) is 0 Å². The fourth-order valence-electron chi connectivity index (χ4n) is 2.93. The lowest BCUT2D eigenvalue weighted by atomic mass is 10.1. The van der Waals surface area contributed by atoms with Crippen LogP contribution in [0.25, 0.3) is 0 Å². The molecule has 1 amide bonds. The summed E-state index contributed by atoms with van der Waals surface area (Å²) in [5.74, 6) is 0. The van der Waals surface area contributed by atoms with Crippen LogP contribution >= 0.6 is 0 Å². The topological polar surface area (TPSA) is 45.1 Å². The highest BCUT2D eigenvalue weighted by Crippen LogP contribution is 2.29. The van der Waals surface area contributed by atoms with Gasteiger partial charge in [-0.3, -0.25) is 5.01 Å². The van der Waals surface area contributed by atoms with E-state index in [-0.39, 0.29) is 12.1 Å². The first-order valence-corrected chi connectivity index (χ1v) is 10.4. The lowest BCUT2D eigenvalue weighted by Gasteiger charge is -2.31. The van der Waals surface area contributed by atoms with Gasteiger partial charge in [-0.15, -0.1) is 0 Å². The molecule has 0 unspecified atom stereocenters. The number of halogens is 3. The third-order valence-corrected chi connectivity index (χ3v) is 5.11. The summed E-state index contributed by atoms with van der Waals surface area (Å²) in [5, 5.41) is 5.71. The first kappa shape index (κ1) is 26.5. The number of likely N-dealkylation sites (tertiary alicyclic amines) is 1. The molecule has 1 saturated heterocycles. The fraction of sp³-hybridized carbons (Fsp3) is 0.565. The Hall–Kier alpha value is -2.51. The number of hydrogen-bond donors (Lipinski definition) is 0. The number of alkyl halides is 3. The molecule has 1 aromatic rings. The normalized spacial score (nSPS) is 16.6. The second-order valence-electron chi connectivity index (χ2n) is 8.08. The van der Waals surface area contributed by atoms with Crippen molar-refractivity contribution in [1.29, 1.82) is 0 Å². The van der Waals surface area contributed by atoms with Crippen LogP contribution in [-0.4, -0.2) is 47.5 Å². The van der Waals surface area contributed by atoms with E-state index in [1.165, 1.54) is 12.1 Å². The van der Waals surface area contributed by atoms with Crippen molar-refractivity contribution in [2.45, 2.75) is 71.7 Å². The Morgan fingerprint density at radius 3 is 2.42 bits per heavy atom. The van der Waals surface area contributed by atoms with Gasteiger partial charge in [0.15, 0.2) is 0 Å². The number of hydrogen-bond acceptors (Lipinski definition) is 4. The Labute approximate surface area is 183 Å². The lowest BCUT2D eigenvalue weighted by molar-refractivity contribution is -0.137. The van der Waals surface area contributed by atoms with Crippen molar-refractivity contribution in [3.8, 4) is 0 Å². The molecule has 0 spiro atoms. The van der Waals surface area contributed by atoms with E-state index in [1.807, 2.05) is 44.9 Å². The first-order chi connectivity index (χ1) is 14.4. The van der Waals surface area contributed by atoms with Gasteiger partial charge < -0.3 is 9.64 Å². The highest BCUT2D eigenvalue weighted by atomic mass is 19.4. The number of rotatable bonds is 6. The van der Waals surface area contributed by atoms with Gasteiger partial charge in [0.2, 0.25) is 0 Å². The molecule has 31 heavy (non-hydrogen) atoms. The largest absolute Gasteiger partial charge is 0.443 e. The molecule has 1 heterocycles. The fourth-order valence-corrected chi connectivity index (χ4v) is 2.93. The minimum atomic E-state index is -4.21. The maximum atomic E-state index is 12.3. The second-order valence-corrected chi connectivity index (χ2v) is 8.08. The molecule has 0 radical (unpaired) electrons. The summed E-state index contributed by atoms with van der Waals surface area (Å²) in [6.07, 6.45) is 2.13. The molecule has 1 aliphatic rings. The van der Waals surface area contributed by atoms with Crippen molar-refractivity contribution in [3.63, 3.8) is 0 Å². The van der Waals surface area contributed by atoms with E-state index in [1.54, 1.807) is 11.9 Å². The van der Waals surface area contributed by atoms with E-state index in [9.17, 15) is 18.0 Å². The third kappa shape index (κ3) is 9.02. The maximum Gasteiger partial charge on any atom is 0.416 e. The van der Waals surface area contributed by atoms with Crippen LogP contribution in [0.1, 0.15) is 58.1 Å². The molecule has 0 saturated carbocycles. The lowest BCUT2D eigenvalue weighted by Crippen LogP contribution is -2.44. The van der Waals surface area contributed by atoms with E-state index < -0.39 is 17.3 Å². The SMILES string of the molecule is C=NN(/C=C\C)C[C@@H]1CCCN1C(=O)OC(C)(C)CC.Cc1ccc(C(F)(F)F)cc1. The minimum absolute atomic E-state index is 0.136. The van der Waals surface area contributed by atoms with E-state index in [0.29, 0.717) is 6.54 Å². The van der Waals surface area contributed by atoms with Gasteiger partial charge in [-0.05, 0) is 59.1 Å². The smallest absolute Gasteiger partial charge is 0.416 e. The first-order valence-electron chi connectivity index (χ1n) is 10.4. The molecule has 0 aromatic heterocycles. The van der Waals surface area contributed by atoms with Gasteiger partial charge in [0.05, 0.1) is 18.2 Å². The van der Waals surface area contributed by atoms with Gasteiger partial charge in [0, 0.05) is 19.5 Å². The van der Waals surface area contributed by atoms with Crippen molar-refractivity contribution in [2.24, 2.45) is 5.10 Å². The highest BCUT2D eigenvalue weighted by molar-refractivity contribution is 5.69. The van der Waals surface area contributed by atoms with Gasteiger partial charge in [0.25, 0.3) is 0 Å². The number of ether oxygens (including phenoxy) is 1. The van der Waals surface area contributed by atoms with Gasteiger partial charge in [0.1, 0.15) is 5.60 Å². The Morgan fingerprint density at radius 2 is 1.94 bits per heavy atom. The number of amides is 1. The molecular weight excluding hydrogens is 407 g/mol. The summed E-state index contributed by atoms with van der Waals surface area (Å²) in [6.45, 7) is 14.5. The summed E-state index contributed by atoms with van der Waals surface area (Å²) in [7, 11) is 0. The number of aryl methyl sites for hydroxylation is 1. The molecule has 0 bridgehead atoms. The zero-order valence-corrected chi connectivity index (χ0v) is 19.1. The van der Waals surface area contributed by atoms with Crippen LogP contribution in [0.15, 0.2) is 41.6 Å². The Bertz CT molecular complexity index is 731. The Kier molecular flexibility index (Phi) is 10.1. The molecular formula is C23H34F3N3O2. The molecule has 174 valence electrons. The molecule has 1 fully saturated rings. The van der Waals surface area contributed by atoms with Crippen LogP contribution in [0.5, 0.6) is 0 Å². The van der Waals surface area contributed by atoms with Crippen molar-refractivity contribution >= 4 is 12.8 Å². The predicted octanol–water partition coefficient (Wildman–Crippen LogP) is 6.24. The molecule has 2 rings (SSSR count). The zero-order chi connectivity index (χ0) is 23.7. The van der Waals surface area contributed by atoms with Crippen LogP contribution in [0, 0.1) is 6.92 Å². The van der Waals surface area contributed by atoms with Crippen LogP contribution < -0.4 is 0 Å². The van der Waals surface area contributed by atoms with Crippen molar-refractivity contribution in [3.05, 3.63) is 47.7 Å². The number of allylic oxidation sites excluding steroid dienone is 1. The summed E-state index contributed by atoms with van der Waals surface area (Å²) >= 11 is 0. The molecule has 0 aliphatic carbocycles. The standard InChI is InChI=1S/C15H27N3O2.C8H7F3/c1-6-10-17(16-5)12-13-9-8-11-18(13)14(19)20-15(3,4)7-2;1-6-2-4-7(5-3-6)8(9,10)11/h6,10,13H,5,7-9,11-12H2,1-4H3;2-5H,1H3/b10-6-;/t13-;/m0./s1. The summed E-state index contributed by atoms with van der Waals surface area (Å²) in [5.41, 5.74) is -0.176. The number of benzene rings is 1. The van der Waals surface area contributed by atoms with Crippen LogP contribution in [0.4, 0.5) is 18.0 Å². The maximum absolute atomic E-state index is 12.3. The average Bonchev–Trinajstić information content (AvgIpc) is 3.16. The van der Waals surface area contributed by atoms with Crippen molar-refractivity contribution in [1.82, 2.24) is 9.91 Å². The summed E-state index contributed by atoms with van der Waals surface area (Å²) in [4.78, 5) is 14.1. The number of carbonyl (C=O) groups excluding carboxylic acids is 1. The zero-order valence-electron chi connectivity index (χ0n) is 19.1. The third-order valence-electron chi connectivity index (χ3n) is 5.11. The average molecular weight is 442 g/mol. The minimum Gasteiger partial charge on any atom is -0.443 e. The monoisotopic (exact) mass is 441 g/mol. The quantitative estimate of drug-likeness (QED) is 0.388.